The van der Waals surface area contributed by atoms with E-state index in [9.17, 15) is 8.78 Å². The van der Waals surface area contributed by atoms with Gasteiger partial charge in [-0.1, -0.05) is 6.92 Å². The molecule has 0 radical (unpaired) electrons. The standard InChI is InChI=1S/C17H20F2N4/c1-3-10(2)20-17-22-14(11-4-5-11)9-16(23-17)21-15-8-12(18)6-7-13(15)19/h6-11H,3-5H2,1-2H3,(H2,20,21,22,23)/t10-/m0/s1. The number of halogens is 2. The van der Waals surface area contributed by atoms with E-state index in [1.807, 2.05) is 13.0 Å². The molecule has 4 nitrogen and oxygen atoms in total. The summed E-state index contributed by atoms with van der Waals surface area (Å²) >= 11 is 0. The number of anilines is 3. The summed E-state index contributed by atoms with van der Waals surface area (Å²) in [5, 5.41) is 6.10. The molecule has 1 aromatic carbocycles. The van der Waals surface area contributed by atoms with Crippen LogP contribution in [0.25, 0.3) is 0 Å². The summed E-state index contributed by atoms with van der Waals surface area (Å²) in [5.41, 5.74) is 1.00. The van der Waals surface area contributed by atoms with E-state index < -0.39 is 11.6 Å². The SMILES string of the molecule is CC[C@H](C)Nc1nc(Nc2cc(F)ccc2F)cc(C2CC2)n1. The molecule has 3 rings (SSSR count). The quantitative estimate of drug-likeness (QED) is 0.818. The molecule has 0 amide bonds. The Balaban J connectivity index is 1.89. The molecule has 0 aliphatic heterocycles. The third kappa shape index (κ3) is 3.94. The molecule has 6 heteroatoms. The highest BCUT2D eigenvalue weighted by Gasteiger charge is 2.26. The van der Waals surface area contributed by atoms with Crippen LogP contribution in [0.3, 0.4) is 0 Å². The summed E-state index contributed by atoms with van der Waals surface area (Å²) in [6.07, 6.45) is 3.15. The predicted molar refractivity (Wildman–Crippen MR) is 87.0 cm³/mol. The average Bonchev–Trinajstić information content (AvgIpc) is 3.35. The Morgan fingerprint density at radius 3 is 2.70 bits per heavy atom. The lowest BCUT2D eigenvalue weighted by Crippen LogP contribution is -2.16. The van der Waals surface area contributed by atoms with Gasteiger partial charge in [0.15, 0.2) is 0 Å². The Labute approximate surface area is 134 Å². The van der Waals surface area contributed by atoms with Crippen LogP contribution in [-0.4, -0.2) is 16.0 Å². The van der Waals surface area contributed by atoms with E-state index in [1.54, 1.807) is 0 Å². The topological polar surface area (TPSA) is 49.8 Å². The predicted octanol–water partition coefficient (Wildman–Crippen LogP) is 4.59. The highest BCUT2D eigenvalue weighted by atomic mass is 19.1. The number of benzene rings is 1. The van der Waals surface area contributed by atoms with E-state index >= 15 is 0 Å². The zero-order valence-electron chi connectivity index (χ0n) is 13.2. The van der Waals surface area contributed by atoms with Gasteiger partial charge in [-0.3, -0.25) is 0 Å². The first-order valence-electron chi connectivity index (χ1n) is 7.92. The lowest BCUT2D eigenvalue weighted by molar-refractivity contribution is 0.603. The molecule has 2 aromatic rings. The van der Waals surface area contributed by atoms with E-state index in [4.69, 9.17) is 0 Å². The lowest BCUT2D eigenvalue weighted by Gasteiger charge is -2.14. The van der Waals surface area contributed by atoms with Gasteiger partial charge < -0.3 is 10.6 Å². The third-order valence-electron chi connectivity index (χ3n) is 3.92. The number of hydrogen-bond donors (Lipinski definition) is 2. The molecular formula is C17H20F2N4. The van der Waals surface area contributed by atoms with E-state index in [1.165, 1.54) is 0 Å². The van der Waals surface area contributed by atoms with Gasteiger partial charge in [0.05, 0.1) is 11.4 Å². The van der Waals surface area contributed by atoms with Crippen LogP contribution in [0.4, 0.5) is 26.2 Å². The molecule has 0 spiro atoms. The number of aromatic nitrogens is 2. The van der Waals surface area contributed by atoms with Crippen molar-refractivity contribution in [1.29, 1.82) is 0 Å². The average molecular weight is 318 g/mol. The molecule has 1 aliphatic rings. The van der Waals surface area contributed by atoms with Gasteiger partial charge in [0.1, 0.15) is 17.5 Å². The maximum atomic E-state index is 13.8. The maximum Gasteiger partial charge on any atom is 0.225 e. The van der Waals surface area contributed by atoms with Crippen molar-refractivity contribution in [2.75, 3.05) is 10.6 Å². The highest BCUT2D eigenvalue weighted by molar-refractivity contribution is 5.58. The van der Waals surface area contributed by atoms with E-state index in [2.05, 4.69) is 27.5 Å². The van der Waals surface area contributed by atoms with Crippen LogP contribution in [0, 0.1) is 11.6 Å². The van der Waals surface area contributed by atoms with Gasteiger partial charge in [-0.25, -0.2) is 13.8 Å². The molecule has 0 unspecified atom stereocenters. The summed E-state index contributed by atoms with van der Waals surface area (Å²) in [6.45, 7) is 4.12. The van der Waals surface area contributed by atoms with Crippen LogP contribution in [0.1, 0.15) is 44.7 Å². The molecule has 23 heavy (non-hydrogen) atoms. The lowest BCUT2D eigenvalue weighted by atomic mass is 10.2. The molecule has 1 atom stereocenters. The Kier molecular flexibility index (Phi) is 4.41. The number of nitrogens with zero attached hydrogens (tertiary/aromatic N) is 2. The molecule has 1 saturated carbocycles. The van der Waals surface area contributed by atoms with Crippen molar-refractivity contribution in [1.82, 2.24) is 9.97 Å². The largest absolute Gasteiger partial charge is 0.352 e. The van der Waals surface area contributed by atoms with Gasteiger partial charge in [-0.2, -0.15) is 4.98 Å². The number of rotatable bonds is 6. The van der Waals surface area contributed by atoms with Crippen LogP contribution in [0.15, 0.2) is 24.3 Å². The summed E-state index contributed by atoms with van der Waals surface area (Å²) in [6, 6.07) is 5.35. The molecule has 1 aromatic heterocycles. The van der Waals surface area contributed by atoms with E-state index in [0.29, 0.717) is 17.7 Å². The molecule has 1 aliphatic carbocycles. The zero-order valence-corrected chi connectivity index (χ0v) is 13.2. The summed E-state index contributed by atoms with van der Waals surface area (Å²) in [4.78, 5) is 8.91. The van der Waals surface area contributed by atoms with Crippen molar-refractivity contribution in [3.05, 3.63) is 41.6 Å². The van der Waals surface area contributed by atoms with Crippen LogP contribution < -0.4 is 10.6 Å². The van der Waals surface area contributed by atoms with Crippen molar-refractivity contribution >= 4 is 17.5 Å². The second-order valence-corrected chi connectivity index (χ2v) is 5.98. The molecular weight excluding hydrogens is 298 g/mol. The minimum atomic E-state index is -0.519. The van der Waals surface area contributed by atoms with Crippen LogP contribution >= 0.6 is 0 Å². The summed E-state index contributed by atoms with van der Waals surface area (Å²) in [5.74, 6) is 0.409. The fourth-order valence-electron chi connectivity index (χ4n) is 2.24. The Hall–Kier alpha value is -2.24. The maximum absolute atomic E-state index is 13.8. The second-order valence-electron chi connectivity index (χ2n) is 5.98. The smallest absolute Gasteiger partial charge is 0.225 e. The van der Waals surface area contributed by atoms with Crippen LogP contribution in [0.2, 0.25) is 0 Å². The molecule has 0 bridgehead atoms. The van der Waals surface area contributed by atoms with Crippen molar-refractivity contribution in [3.8, 4) is 0 Å². The van der Waals surface area contributed by atoms with E-state index in [0.717, 1.165) is 43.2 Å². The molecule has 2 N–H and O–H groups in total. The normalized spacial score (nSPS) is 15.3. The molecule has 0 saturated heterocycles. The van der Waals surface area contributed by atoms with Crippen LogP contribution in [0.5, 0.6) is 0 Å². The fourth-order valence-corrected chi connectivity index (χ4v) is 2.24. The zero-order chi connectivity index (χ0) is 16.4. The Bertz CT molecular complexity index is 701. The van der Waals surface area contributed by atoms with Gasteiger partial charge in [-0.05, 0) is 38.3 Å². The Morgan fingerprint density at radius 1 is 1.22 bits per heavy atom. The van der Waals surface area contributed by atoms with Crippen molar-refractivity contribution in [3.63, 3.8) is 0 Å². The second kappa shape index (κ2) is 6.48. The molecule has 1 fully saturated rings. The fraction of sp³-hybridized carbons (Fsp3) is 0.412. The minimum absolute atomic E-state index is 0.0694. The first-order chi connectivity index (χ1) is 11.0. The third-order valence-corrected chi connectivity index (χ3v) is 3.92. The van der Waals surface area contributed by atoms with Gasteiger partial charge in [-0.15, -0.1) is 0 Å². The summed E-state index contributed by atoms with van der Waals surface area (Å²) in [7, 11) is 0. The van der Waals surface area contributed by atoms with Gasteiger partial charge >= 0.3 is 0 Å². The van der Waals surface area contributed by atoms with Gasteiger partial charge in [0.2, 0.25) is 5.95 Å². The van der Waals surface area contributed by atoms with Crippen LogP contribution in [-0.2, 0) is 0 Å². The first kappa shape index (κ1) is 15.6. The van der Waals surface area contributed by atoms with Crippen molar-refractivity contribution < 1.29 is 8.78 Å². The molecule has 1 heterocycles. The Morgan fingerprint density at radius 2 is 2.00 bits per heavy atom. The number of hydrogen-bond acceptors (Lipinski definition) is 4. The van der Waals surface area contributed by atoms with Crippen molar-refractivity contribution in [2.24, 2.45) is 0 Å². The van der Waals surface area contributed by atoms with Gasteiger partial charge in [0.25, 0.3) is 0 Å². The van der Waals surface area contributed by atoms with Crippen molar-refractivity contribution in [2.45, 2.75) is 45.1 Å². The monoisotopic (exact) mass is 318 g/mol. The summed E-state index contributed by atoms with van der Waals surface area (Å²) < 4.78 is 27.1. The van der Waals surface area contributed by atoms with E-state index in [-0.39, 0.29) is 11.7 Å². The van der Waals surface area contributed by atoms with Gasteiger partial charge in [0, 0.05) is 24.1 Å². The first-order valence-corrected chi connectivity index (χ1v) is 7.92. The highest BCUT2D eigenvalue weighted by Crippen LogP contribution is 2.40. The number of nitrogens with one attached hydrogen (secondary N) is 2. The molecule has 122 valence electrons. The minimum Gasteiger partial charge on any atom is -0.352 e.